The molecule has 1 heterocycles. The molecule has 0 bridgehead atoms. The number of hydrogen-bond acceptors (Lipinski definition) is 2. The van der Waals surface area contributed by atoms with Gasteiger partial charge in [0.15, 0.2) is 0 Å². The fourth-order valence-corrected chi connectivity index (χ4v) is 3.31. The van der Waals surface area contributed by atoms with Gasteiger partial charge >= 0.3 is 0 Å². The lowest BCUT2D eigenvalue weighted by Gasteiger charge is -2.09. The largest absolute Gasteiger partial charge is 0.271 e. The SMILES string of the molecule is Cc1cc(C)n(N=Cc2c3ccccc3cc3ccccc23)c(=O)c1. The third-order valence-corrected chi connectivity index (χ3v) is 4.45. The molecule has 0 N–H and O–H groups in total. The van der Waals surface area contributed by atoms with Crippen molar-refractivity contribution < 1.29 is 0 Å². The van der Waals surface area contributed by atoms with Crippen LogP contribution in [0.25, 0.3) is 21.5 Å². The Morgan fingerprint density at radius 2 is 1.44 bits per heavy atom. The van der Waals surface area contributed by atoms with Gasteiger partial charge in [-0.3, -0.25) is 4.79 Å². The van der Waals surface area contributed by atoms with Gasteiger partial charge in [0.25, 0.3) is 5.56 Å². The van der Waals surface area contributed by atoms with Crippen molar-refractivity contribution >= 4 is 27.8 Å². The second kappa shape index (κ2) is 6.02. The second-order valence-corrected chi connectivity index (χ2v) is 6.30. The second-order valence-electron chi connectivity index (χ2n) is 6.30. The van der Waals surface area contributed by atoms with Crippen molar-refractivity contribution in [3.8, 4) is 0 Å². The molecule has 3 aromatic carbocycles. The lowest BCUT2D eigenvalue weighted by atomic mass is 9.97. The van der Waals surface area contributed by atoms with Gasteiger partial charge in [-0.05, 0) is 53.1 Å². The third-order valence-electron chi connectivity index (χ3n) is 4.45. The first-order valence-electron chi connectivity index (χ1n) is 8.28. The summed E-state index contributed by atoms with van der Waals surface area (Å²) in [4.78, 5) is 12.3. The van der Waals surface area contributed by atoms with Gasteiger partial charge in [-0.2, -0.15) is 5.10 Å². The number of benzene rings is 3. The standard InChI is InChI=1S/C22H18N2O/c1-15-11-16(2)24(22(25)12-15)23-14-21-19-9-5-3-7-17(19)13-18-8-4-6-10-20(18)21/h3-14H,1-2H3. The van der Waals surface area contributed by atoms with Crippen LogP contribution >= 0.6 is 0 Å². The Morgan fingerprint density at radius 3 is 2.04 bits per heavy atom. The van der Waals surface area contributed by atoms with Crippen LogP contribution in [0.1, 0.15) is 16.8 Å². The van der Waals surface area contributed by atoms with E-state index in [0.29, 0.717) is 0 Å². The molecule has 0 aliphatic heterocycles. The highest BCUT2D eigenvalue weighted by molar-refractivity contribution is 6.13. The lowest BCUT2D eigenvalue weighted by Crippen LogP contribution is -2.18. The first-order chi connectivity index (χ1) is 12.1. The molecule has 0 aliphatic rings. The minimum absolute atomic E-state index is 0.113. The van der Waals surface area contributed by atoms with Crippen LogP contribution in [-0.4, -0.2) is 10.9 Å². The van der Waals surface area contributed by atoms with Crippen LogP contribution in [0.4, 0.5) is 0 Å². The van der Waals surface area contributed by atoms with Crippen molar-refractivity contribution in [2.24, 2.45) is 5.10 Å². The number of pyridine rings is 1. The molecular weight excluding hydrogens is 308 g/mol. The lowest BCUT2D eigenvalue weighted by molar-refractivity contribution is 0.791. The van der Waals surface area contributed by atoms with E-state index in [9.17, 15) is 4.79 Å². The van der Waals surface area contributed by atoms with Crippen molar-refractivity contribution in [1.82, 2.24) is 4.68 Å². The molecule has 3 nitrogen and oxygen atoms in total. The van der Waals surface area contributed by atoms with Crippen LogP contribution in [0.15, 0.2) is 76.6 Å². The molecule has 0 aliphatic carbocycles. The monoisotopic (exact) mass is 326 g/mol. The fraction of sp³-hybridized carbons (Fsp3) is 0.0909. The number of rotatable bonds is 2. The van der Waals surface area contributed by atoms with Crippen molar-refractivity contribution in [3.05, 3.63) is 93.9 Å². The van der Waals surface area contributed by atoms with Crippen molar-refractivity contribution in [1.29, 1.82) is 0 Å². The predicted octanol–water partition coefficient (Wildman–Crippen LogP) is 4.65. The molecule has 0 saturated heterocycles. The molecule has 25 heavy (non-hydrogen) atoms. The van der Waals surface area contributed by atoms with E-state index in [-0.39, 0.29) is 5.56 Å². The topological polar surface area (TPSA) is 34.4 Å². The van der Waals surface area contributed by atoms with Gasteiger partial charge in [0.05, 0.1) is 6.21 Å². The molecule has 4 rings (SSSR count). The Labute approximate surface area is 145 Å². The van der Waals surface area contributed by atoms with E-state index in [4.69, 9.17) is 0 Å². The van der Waals surface area contributed by atoms with Crippen LogP contribution < -0.4 is 5.56 Å². The summed E-state index contributed by atoms with van der Waals surface area (Å²) in [6, 6.07) is 22.2. The average molecular weight is 326 g/mol. The summed E-state index contributed by atoms with van der Waals surface area (Å²) >= 11 is 0. The first-order valence-corrected chi connectivity index (χ1v) is 8.28. The average Bonchev–Trinajstić information content (AvgIpc) is 2.60. The summed E-state index contributed by atoms with van der Waals surface area (Å²) in [7, 11) is 0. The molecule has 0 spiro atoms. The van der Waals surface area contributed by atoms with Gasteiger partial charge in [-0.15, -0.1) is 0 Å². The van der Waals surface area contributed by atoms with E-state index in [2.05, 4.69) is 35.4 Å². The molecule has 0 atom stereocenters. The van der Waals surface area contributed by atoms with Gasteiger partial charge < -0.3 is 0 Å². The van der Waals surface area contributed by atoms with Gasteiger partial charge in [0.1, 0.15) is 0 Å². The zero-order chi connectivity index (χ0) is 17.4. The number of aryl methyl sites for hydroxylation is 2. The van der Waals surface area contributed by atoms with Crippen LogP contribution in [0.2, 0.25) is 0 Å². The third kappa shape index (κ3) is 2.74. The van der Waals surface area contributed by atoms with Gasteiger partial charge in [-0.1, -0.05) is 48.5 Å². The van der Waals surface area contributed by atoms with E-state index >= 15 is 0 Å². The molecular formula is C22H18N2O. The Bertz CT molecular complexity index is 1130. The number of hydrogen-bond donors (Lipinski definition) is 0. The number of nitrogens with zero attached hydrogens (tertiary/aromatic N) is 2. The van der Waals surface area contributed by atoms with Gasteiger partial charge in [0.2, 0.25) is 0 Å². The Balaban J connectivity index is 1.98. The number of aromatic nitrogens is 1. The van der Waals surface area contributed by atoms with Crippen LogP contribution in [-0.2, 0) is 0 Å². The summed E-state index contributed by atoms with van der Waals surface area (Å²) in [5.41, 5.74) is 2.69. The quantitative estimate of drug-likeness (QED) is 0.390. The zero-order valence-electron chi connectivity index (χ0n) is 14.2. The Morgan fingerprint density at radius 1 is 0.840 bits per heavy atom. The van der Waals surface area contributed by atoms with E-state index in [1.807, 2.05) is 44.2 Å². The van der Waals surface area contributed by atoms with Gasteiger partial charge in [-0.25, -0.2) is 4.68 Å². The molecule has 0 radical (unpaired) electrons. The van der Waals surface area contributed by atoms with Crippen LogP contribution in [0.3, 0.4) is 0 Å². The van der Waals surface area contributed by atoms with E-state index < -0.39 is 0 Å². The molecule has 3 heteroatoms. The minimum atomic E-state index is -0.113. The molecule has 0 fully saturated rings. The van der Waals surface area contributed by atoms with Crippen LogP contribution in [0, 0.1) is 13.8 Å². The summed E-state index contributed by atoms with van der Waals surface area (Å²) in [5.74, 6) is 0. The maximum atomic E-state index is 12.3. The zero-order valence-corrected chi connectivity index (χ0v) is 14.2. The van der Waals surface area contributed by atoms with Crippen molar-refractivity contribution in [2.75, 3.05) is 0 Å². The van der Waals surface area contributed by atoms with E-state index in [1.165, 1.54) is 4.68 Å². The van der Waals surface area contributed by atoms with Crippen molar-refractivity contribution in [3.63, 3.8) is 0 Å². The van der Waals surface area contributed by atoms with Crippen LogP contribution in [0.5, 0.6) is 0 Å². The summed E-state index contributed by atoms with van der Waals surface area (Å²) in [6.45, 7) is 3.81. The first kappa shape index (κ1) is 15.3. The maximum absolute atomic E-state index is 12.3. The summed E-state index contributed by atoms with van der Waals surface area (Å²) < 4.78 is 1.45. The van der Waals surface area contributed by atoms with E-state index in [0.717, 1.165) is 38.4 Å². The predicted molar refractivity (Wildman–Crippen MR) is 105 cm³/mol. The maximum Gasteiger partial charge on any atom is 0.271 e. The fourth-order valence-electron chi connectivity index (χ4n) is 3.31. The molecule has 0 saturated carbocycles. The van der Waals surface area contributed by atoms with E-state index in [1.54, 1.807) is 12.3 Å². The number of fused-ring (bicyclic) bond motifs is 2. The summed E-state index contributed by atoms with van der Waals surface area (Å²) in [5, 5.41) is 9.08. The van der Waals surface area contributed by atoms with Crippen molar-refractivity contribution in [2.45, 2.75) is 13.8 Å². The molecule has 0 amide bonds. The highest BCUT2D eigenvalue weighted by Gasteiger charge is 2.06. The molecule has 4 aromatic rings. The van der Waals surface area contributed by atoms with Gasteiger partial charge in [0, 0.05) is 17.3 Å². The highest BCUT2D eigenvalue weighted by atomic mass is 16.1. The normalized spacial score (nSPS) is 11.6. The minimum Gasteiger partial charge on any atom is -0.267 e. The Hall–Kier alpha value is -3.20. The Kier molecular flexibility index (Phi) is 3.69. The molecule has 1 aromatic heterocycles. The summed E-state index contributed by atoms with van der Waals surface area (Å²) in [6.07, 6.45) is 1.80. The molecule has 122 valence electrons. The smallest absolute Gasteiger partial charge is 0.267 e. The molecule has 0 unspecified atom stereocenters. The highest BCUT2D eigenvalue weighted by Crippen LogP contribution is 2.27.